The number of carbonyl (C=O) groups is 2. The Hall–Kier alpha value is -4.52. The first-order valence-electron chi connectivity index (χ1n) is 12.0. The molecule has 3 aromatic carbocycles. The van der Waals surface area contributed by atoms with Crippen LogP contribution in [0.4, 0.5) is 42.5 Å². The molecule has 0 aliphatic carbocycles. The van der Waals surface area contributed by atoms with Crippen LogP contribution in [0.5, 0.6) is 0 Å². The summed E-state index contributed by atoms with van der Waals surface area (Å²) in [6, 6.07) is 4.55. The number of H-pyrrole nitrogens is 1. The third kappa shape index (κ3) is 4.55. The number of carbonyl (C=O) groups excluding carboxylic acids is 2. The third-order valence-corrected chi connectivity index (χ3v) is 7.31. The van der Waals surface area contributed by atoms with Crippen LogP contribution in [0.2, 0.25) is 5.02 Å². The van der Waals surface area contributed by atoms with E-state index in [9.17, 15) is 35.9 Å². The van der Waals surface area contributed by atoms with Crippen molar-refractivity contribution in [1.29, 1.82) is 0 Å². The van der Waals surface area contributed by atoms with Gasteiger partial charge in [0.25, 0.3) is 5.91 Å². The lowest BCUT2D eigenvalue weighted by Gasteiger charge is -2.35. The van der Waals surface area contributed by atoms with Crippen molar-refractivity contribution >= 4 is 34.9 Å². The molecule has 1 aromatic heterocycles. The van der Waals surface area contributed by atoms with E-state index in [1.165, 1.54) is 17.0 Å². The molecule has 3 N–H and O–H groups in total. The molecule has 14 heteroatoms. The van der Waals surface area contributed by atoms with Gasteiger partial charge in [0.05, 0.1) is 23.5 Å². The number of nitrogens with zero attached hydrogens (tertiary/aromatic N) is 2. The molecule has 41 heavy (non-hydrogen) atoms. The lowest BCUT2D eigenvalue weighted by Crippen LogP contribution is -2.46. The van der Waals surface area contributed by atoms with Gasteiger partial charge in [0.2, 0.25) is 0 Å². The van der Waals surface area contributed by atoms with E-state index < -0.39 is 52.7 Å². The molecular weight excluding hydrogens is 576 g/mol. The Morgan fingerprint density at radius 1 is 1.07 bits per heavy atom. The topological polar surface area (TPSA) is 90.1 Å². The summed E-state index contributed by atoms with van der Waals surface area (Å²) in [7, 11) is 0. The fourth-order valence-corrected chi connectivity index (χ4v) is 5.45. The summed E-state index contributed by atoms with van der Waals surface area (Å²) >= 11 is 6.37. The number of aromatic amines is 1. The van der Waals surface area contributed by atoms with E-state index in [0.717, 1.165) is 18.3 Å². The number of anilines is 2. The summed E-state index contributed by atoms with van der Waals surface area (Å²) in [5.41, 5.74) is -0.744. The molecule has 2 aliphatic rings. The summed E-state index contributed by atoms with van der Waals surface area (Å²) in [6.45, 7) is 0.177. The highest BCUT2D eigenvalue weighted by atomic mass is 35.5. The number of rotatable bonds is 4. The molecule has 1 unspecified atom stereocenters. The van der Waals surface area contributed by atoms with Crippen LogP contribution < -0.4 is 15.5 Å². The lowest BCUT2D eigenvalue weighted by molar-refractivity contribution is -0.137. The van der Waals surface area contributed by atoms with E-state index in [4.69, 9.17) is 11.6 Å². The minimum atomic E-state index is -4.92. The van der Waals surface area contributed by atoms with Gasteiger partial charge in [-0.1, -0.05) is 11.6 Å². The van der Waals surface area contributed by atoms with Crippen molar-refractivity contribution in [1.82, 2.24) is 15.5 Å². The molecule has 0 saturated carbocycles. The molecular formula is C27H16ClF6N5O2. The predicted molar refractivity (Wildman–Crippen MR) is 136 cm³/mol. The molecule has 2 aliphatic heterocycles. The zero-order valence-electron chi connectivity index (χ0n) is 20.5. The van der Waals surface area contributed by atoms with E-state index in [1.807, 2.05) is 0 Å². The normalized spacial score (nSPS) is 16.0. The van der Waals surface area contributed by atoms with Gasteiger partial charge in [-0.3, -0.25) is 14.8 Å². The van der Waals surface area contributed by atoms with Crippen LogP contribution in [-0.4, -0.2) is 28.7 Å². The van der Waals surface area contributed by atoms with Crippen molar-refractivity contribution < 1.29 is 35.9 Å². The minimum Gasteiger partial charge on any atom is -0.327 e. The van der Waals surface area contributed by atoms with Crippen molar-refractivity contribution in [3.8, 4) is 11.3 Å². The second-order valence-corrected chi connectivity index (χ2v) is 9.84. The first kappa shape index (κ1) is 26.7. The zero-order valence-corrected chi connectivity index (χ0v) is 21.2. The van der Waals surface area contributed by atoms with E-state index in [2.05, 4.69) is 20.8 Å². The van der Waals surface area contributed by atoms with Crippen LogP contribution in [0.25, 0.3) is 11.3 Å². The molecule has 6 rings (SSSR count). The number of hydrogen-bond donors (Lipinski definition) is 3. The van der Waals surface area contributed by atoms with Gasteiger partial charge in [-0.15, -0.1) is 0 Å². The molecule has 3 heterocycles. The quantitative estimate of drug-likeness (QED) is 0.234. The van der Waals surface area contributed by atoms with E-state index in [-0.39, 0.29) is 57.8 Å². The lowest BCUT2D eigenvalue weighted by atomic mass is 9.88. The van der Waals surface area contributed by atoms with Gasteiger partial charge in [0.1, 0.15) is 17.3 Å². The molecule has 7 nitrogen and oxygen atoms in total. The van der Waals surface area contributed by atoms with Gasteiger partial charge in [-0.25, -0.2) is 18.0 Å². The van der Waals surface area contributed by atoms with Gasteiger partial charge in [-0.05, 0) is 54.4 Å². The Balaban J connectivity index is 1.57. The number of hydrogen-bond acceptors (Lipinski definition) is 3. The van der Waals surface area contributed by atoms with Gasteiger partial charge < -0.3 is 10.6 Å². The van der Waals surface area contributed by atoms with E-state index in [1.54, 1.807) is 0 Å². The highest BCUT2D eigenvalue weighted by molar-refractivity contribution is 6.31. The Bertz CT molecular complexity index is 1750. The second-order valence-electron chi connectivity index (χ2n) is 9.44. The summed E-state index contributed by atoms with van der Waals surface area (Å²) in [4.78, 5) is 27.8. The van der Waals surface area contributed by atoms with Crippen molar-refractivity contribution in [2.75, 3.05) is 16.8 Å². The first-order valence-corrected chi connectivity index (χ1v) is 12.4. The number of halogens is 7. The molecule has 210 valence electrons. The first-order chi connectivity index (χ1) is 19.4. The Morgan fingerprint density at radius 2 is 1.85 bits per heavy atom. The van der Waals surface area contributed by atoms with E-state index >= 15 is 0 Å². The maximum Gasteiger partial charge on any atom is 0.416 e. The Kier molecular flexibility index (Phi) is 6.21. The SMILES string of the molecule is O=C(Nc1cc(-c2[nH]ncc2F)c2c3c1C(c1cc(F)ccc1Cl)NC(=O)N3CC2)c1cc(F)cc(C(F)(F)F)c1. The van der Waals surface area contributed by atoms with E-state index in [0.29, 0.717) is 17.7 Å². The van der Waals surface area contributed by atoms with Crippen molar-refractivity contribution in [3.63, 3.8) is 0 Å². The molecule has 0 saturated heterocycles. The molecule has 0 fully saturated rings. The van der Waals surface area contributed by atoms with Crippen LogP contribution >= 0.6 is 11.6 Å². The average molecular weight is 592 g/mol. The van der Waals surface area contributed by atoms with Gasteiger partial charge in [-0.2, -0.15) is 18.3 Å². The summed E-state index contributed by atoms with van der Waals surface area (Å²) in [6.07, 6.45) is -3.72. The Labute approximate surface area is 232 Å². The highest BCUT2D eigenvalue weighted by Crippen LogP contribution is 2.50. The van der Waals surface area contributed by atoms with Crippen LogP contribution in [0, 0.1) is 17.5 Å². The predicted octanol–water partition coefficient (Wildman–Crippen LogP) is 6.59. The number of aromatic nitrogens is 2. The largest absolute Gasteiger partial charge is 0.416 e. The zero-order chi connectivity index (χ0) is 29.2. The molecule has 4 aromatic rings. The molecule has 0 bridgehead atoms. The van der Waals surface area contributed by atoms with Gasteiger partial charge in [0, 0.05) is 39.5 Å². The highest BCUT2D eigenvalue weighted by Gasteiger charge is 2.41. The fourth-order valence-electron chi connectivity index (χ4n) is 5.23. The van der Waals surface area contributed by atoms with Crippen LogP contribution in [0.15, 0.2) is 48.7 Å². The summed E-state index contributed by atoms with van der Waals surface area (Å²) in [5, 5.41) is 11.5. The summed E-state index contributed by atoms with van der Waals surface area (Å²) in [5.74, 6) is -3.81. The Morgan fingerprint density at radius 3 is 2.56 bits per heavy atom. The molecule has 1 atom stereocenters. The molecule has 3 amide bonds. The summed E-state index contributed by atoms with van der Waals surface area (Å²) < 4.78 is 83.1. The standard InChI is InChI=1S/C27H16ClF6N5O2/c28-18-2-1-13(29)8-17(18)23-21-20(36-25(40)11-5-12(27(32,33)34)7-14(30)6-11)9-16(22-19(31)10-35-38-22)15-3-4-39(24(15)21)26(41)37-23/h1-2,5-10,23H,3-4H2,(H,35,38)(H,36,40)(H,37,41). The van der Waals surface area contributed by atoms with Crippen LogP contribution in [0.3, 0.4) is 0 Å². The van der Waals surface area contributed by atoms with Gasteiger partial charge >= 0.3 is 12.2 Å². The molecule has 0 radical (unpaired) electrons. The average Bonchev–Trinajstić information content (AvgIpc) is 3.54. The third-order valence-electron chi connectivity index (χ3n) is 6.97. The second kappa shape index (κ2) is 9.54. The van der Waals surface area contributed by atoms with Crippen molar-refractivity contribution in [2.45, 2.75) is 18.6 Å². The van der Waals surface area contributed by atoms with Crippen molar-refractivity contribution in [2.24, 2.45) is 0 Å². The fraction of sp³-hybridized carbons (Fsp3) is 0.148. The van der Waals surface area contributed by atoms with Gasteiger partial charge in [0.15, 0.2) is 5.82 Å². The smallest absolute Gasteiger partial charge is 0.327 e. The number of benzene rings is 3. The van der Waals surface area contributed by atoms with Crippen LogP contribution in [0.1, 0.15) is 38.7 Å². The monoisotopic (exact) mass is 591 g/mol. The number of urea groups is 1. The minimum absolute atomic E-state index is 0.0587. The van der Waals surface area contributed by atoms with Crippen molar-refractivity contribution in [3.05, 3.63) is 99.0 Å². The molecule has 0 spiro atoms. The van der Waals surface area contributed by atoms with Crippen LogP contribution in [-0.2, 0) is 12.6 Å². The number of alkyl halides is 3. The maximum absolute atomic E-state index is 14.7. The maximum atomic E-state index is 14.7. The number of nitrogens with one attached hydrogen (secondary N) is 3. The number of amides is 3.